The normalized spacial score (nSPS) is 16.6. The van der Waals surface area contributed by atoms with E-state index >= 15 is 0 Å². The zero-order valence-electron chi connectivity index (χ0n) is 15.1. The molecule has 0 bridgehead atoms. The highest BCUT2D eigenvalue weighted by Gasteiger charge is 2.18. The molecule has 0 unspecified atom stereocenters. The largest absolute Gasteiger partial charge is 0.496 e. The molecule has 1 saturated heterocycles. The molecule has 0 saturated carbocycles. The van der Waals surface area contributed by atoms with Gasteiger partial charge in [-0.25, -0.2) is 4.39 Å². The van der Waals surface area contributed by atoms with Crippen molar-refractivity contribution in [3.05, 3.63) is 64.5 Å². The maximum Gasteiger partial charge on any atom is 0.141 e. The Bertz CT molecular complexity index is 870. The highest BCUT2D eigenvalue weighted by atomic mass is 19.1. The van der Waals surface area contributed by atoms with Gasteiger partial charge in [0.25, 0.3) is 0 Å². The fraction of sp³-hybridized carbons (Fsp3) is 0.333. The molecule has 1 fully saturated rings. The zero-order chi connectivity index (χ0) is 19.2. The van der Waals surface area contributed by atoms with Crippen LogP contribution in [0.1, 0.15) is 28.4 Å². The summed E-state index contributed by atoms with van der Waals surface area (Å²) < 4.78 is 25.3. The first-order valence-corrected chi connectivity index (χ1v) is 8.80. The van der Waals surface area contributed by atoms with Crippen LogP contribution in [0.5, 0.6) is 5.75 Å². The van der Waals surface area contributed by atoms with Gasteiger partial charge in [-0.2, -0.15) is 5.26 Å². The smallest absolute Gasteiger partial charge is 0.141 e. The summed E-state index contributed by atoms with van der Waals surface area (Å²) in [5.74, 6) is -0.0153. The Morgan fingerprint density at radius 1 is 1.30 bits per heavy atom. The number of nitrogens with one attached hydrogen (secondary N) is 1. The van der Waals surface area contributed by atoms with Gasteiger partial charge in [0.15, 0.2) is 0 Å². The van der Waals surface area contributed by atoms with E-state index in [1.807, 2.05) is 6.07 Å². The molecule has 1 aliphatic rings. The molecule has 3 rings (SSSR count). The van der Waals surface area contributed by atoms with Crippen LogP contribution in [0.15, 0.2) is 36.4 Å². The number of methoxy groups -OCH3 is 1. The van der Waals surface area contributed by atoms with E-state index in [9.17, 15) is 9.18 Å². The summed E-state index contributed by atoms with van der Waals surface area (Å²) in [7, 11) is 1.51. The average Bonchev–Trinajstić information content (AvgIpc) is 2.70. The van der Waals surface area contributed by atoms with Gasteiger partial charge in [-0.15, -0.1) is 0 Å². The molecule has 0 spiro atoms. The van der Waals surface area contributed by atoms with Crippen molar-refractivity contribution >= 4 is 5.78 Å². The Morgan fingerprint density at radius 3 is 2.78 bits per heavy atom. The maximum absolute atomic E-state index is 14.5. The number of hydrogen-bond acceptors (Lipinski definition) is 5. The molecule has 2 aromatic rings. The summed E-state index contributed by atoms with van der Waals surface area (Å²) in [6, 6.07) is 11.9. The second kappa shape index (κ2) is 8.76. The fourth-order valence-electron chi connectivity index (χ4n) is 3.16. The van der Waals surface area contributed by atoms with Crippen molar-refractivity contribution in [2.45, 2.75) is 18.9 Å². The van der Waals surface area contributed by atoms with E-state index in [-0.39, 0.29) is 24.7 Å². The SMILES string of the molecule is COc1ccc(C#N)cc1CC(=O)Cc1ccc([C@H]2CNCCO2)cc1F. The van der Waals surface area contributed by atoms with Crippen molar-refractivity contribution in [2.24, 2.45) is 0 Å². The van der Waals surface area contributed by atoms with Crippen LogP contribution in [-0.4, -0.2) is 32.6 Å². The van der Waals surface area contributed by atoms with Crippen molar-refractivity contribution in [3.8, 4) is 11.8 Å². The lowest BCUT2D eigenvalue weighted by molar-refractivity contribution is -0.117. The Kier molecular flexibility index (Phi) is 6.17. The molecule has 140 valence electrons. The van der Waals surface area contributed by atoms with E-state index in [0.29, 0.717) is 35.6 Å². The number of nitriles is 1. The minimum atomic E-state index is -0.409. The van der Waals surface area contributed by atoms with Crippen LogP contribution in [0.25, 0.3) is 0 Å². The molecule has 1 N–H and O–H groups in total. The van der Waals surface area contributed by atoms with Gasteiger partial charge in [-0.3, -0.25) is 4.79 Å². The van der Waals surface area contributed by atoms with Crippen molar-refractivity contribution in [3.63, 3.8) is 0 Å². The predicted molar refractivity (Wildman–Crippen MR) is 98.1 cm³/mol. The van der Waals surface area contributed by atoms with Crippen molar-refractivity contribution < 1.29 is 18.7 Å². The molecule has 0 aliphatic carbocycles. The third kappa shape index (κ3) is 4.70. The predicted octanol–water partition coefficient (Wildman–Crippen LogP) is 2.72. The number of carbonyl (C=O) groups excluding carboxylic acids is 1. The Labute approximate surface area is 157 Å². The van der Waals surface area contributed by atoms with Gasteiger partial charge in [0, 0.05) is 31.5 Å². The van der Waals surface area contributed by atoms with E-state index in [1.54, 1.807) is 30.3 Å². The fourth-order valence-corrected chi connectivity index (χ4v) is 3.16. The van der Waals surface area contributed by atoms with Crippen molar-refractivity contribution in [2.75, 3.05) is 26.8 Å². The summed E-state index contributed by atoms with van der Waals surface area (Å²) >= 11 is 0. The molecule has 0 radical (unpaired) electrons. The second-order valence-electron chi connectivity index (χ2n) is 6.45. The lowest BCUT2D eigenvalue weighted by Gasteiger charge is -2.24. The minimum absolute atomic E-state index is 0.0180. The Morgan fingerprint density at radius 2 is 2.11 bits per heavy atom. The molecule has 1 atom stereocenters. The standard InChI is InChI=1S/C21H21FN2O3/c1-26-20-5-2-14(12-23)8-17(20)10-18(25)9-15-3-4-16(11-19(15)22)21-13-24-6-7-27-21/h2-5,8,11,21,24H,6-7,9-10,13H2,1H3/t21-/m1/s1. The summed E-state index contributed by atoms with van der Waals surface area (Å²) in [6.45, 7) is 2.03. The number of benzene rings is 2. The number of halogens is 1. The summed E-state index contributed by atoms with van der Waals surface area (Å²) in [6.07, 6.45) is -0.110. The van der Waals surface area contributed by atoms with E-state index in [0.717, 1.165) is 12.1 Å². The zero-order valence-corrected chi connectivity index (χ0v) is 15.1. The number of nitrogens with zero attached hydrogens (tertiary/aromatic N) is 1. The molecule has 0 amide bonds. The number of morpholine rings is 1. The third-order valence-corrected chi connectivity index (χ3v) is 4.56. The van der Waals surface area contributed by atoms with E-state index in [4.69, 9.17) is 14.7 Å². The van der Waals surface area contributed by atoms with Crippen LogP contribution < -0.4 is 10.1 Å². The molecule has 6 heteroatoms. The van der Waals surface area contributed by atoms with Crippen LogP contribution in [0.3, 0.4) is 0 Å². The van der Waals surface area contributed by atoms with Gasteiger partial charge >= 0.3 is 0 Å². The highest BCUT2D eigenvalue weighted by molar-refractivity contribution is 5.84. The first kappa shape index (κ1) is 19.0. The lowest BCUT2D eigenvalue weighted by atomic mass is 9.98. The Hall–Kier alpha value is -2.75. The van der Waals surface area contributed by atoms with Crippen molar-refractivity contribution in [1.82, 2.24) is 5.32 Å². The number of ether oxygens (including phenoxy) is 2. The second-order valence-corrected chi connectivity index (χ2v) is 6.45. The van der Waals surface area contributed by atoms with Crippen LogP contribution in [-0.2, 0) is 22.4 Å². The van der Waals surface area contributed by atoms with Gasteiger partial charge in [-0.05, 0) is 35.4 Å². The molecule has 5 nitrogen and oxygen atoms in total. The van der Waals surface area contributed by atoms with E-state index < -0.39 is 5.82 Å². The topological polar surface area (TPSA) is 71.3 Å². The average molecular weight is 368 g/mol. The van der Waals surface area contributed by atoms with Gasteiger partial charge in [0.1, 0.15) is 17.3 Å². The summed E-state index contributed by atoms with van der Waals surface area (Å²) in [4.78, 5) is 12.4. The highest BCUT2D eigenvalue weighted by Crippen LogP contribution is 2.23. The number of Topliss-reactive ketones (excluding diaryl/α,β-unsaturated/α-hetero) is 1. The molecule has 1 aliphatic heterocycles. The van der Waals surface area contributed by atoms with Gasteiger partial charge in [-0.1, -0.05) is 12.1 Å². The van der Waals surface area contributed by atoms with Gasteiger partial charge in [0.2, 0.25) is 0 Å². The monoisotopic (exact) mass is 368 g/mol. The quantitative estimate of drug-likeness (QED) is 0.849. The van der Waals surface area contributed by atoms with Crippen LogP contribution >= 0.6 is 0 Å². The van der Waals surface area contributed by atoms with Gasteiger partial charge < -0.3 is 14.8 Å². The van der Waals surface area contributed by atoms with Crippen LogP contribution in [0, 0.1) is 17.1 Å². The molecule has 2 aromatic carbocycles. The van der Waals surface area contributed by atoms with E-state index in [1.165, 1.54) is 13.2 Å². The molecule has 0 aromatic heterocycles. The maximum atomic E-state index is 14.5. The first-order chi connectivity index (χ1) is 13.1. The molecular formula is C21H21FN2O3. The molecule has 27 heavy (non-hydrogen) atoms. The Balaban J connectivity index is 1.70. The van der Waals surface area contributed by atoms with Crippen LogP contribution in [0.4, 0.5) is 4.39 Å². The van der Waals surface area contributed by atoms with E-state index in [2.05, 4.69) is 5.32 Å². The minimum Gasteiger partial charge on any atom is -0.496 e. The summed E-state index contributed by atoms with van der Waals surface area (Å²) in [5.41, 5.74) is 2.19. The number of carbonyl (C=O) groups is 1. The summed E-state index contributed by atoms with van der Waals surface area (Å²) in [5, 5.41) is 12.2. The van der Waals surface area contributed by atoms with Gasteiger partial charge in [0.05, 0.1) is 31.5 Å². The number of ketones is 1. The number of rotatable bonds is 6. The first-order valence-electron chi connectivity index (χ1n) is 8.80. The molecule has 1 heterocycles. The van der Waals surface area contributed by atoms with Crippen molar-refractivity contribution in [1.29, 1.82) is 5.26 Å². The number of hydrogen-bond donors (Lipinski definition) is 1. The molecular weight excluding hydrogens is 347 g/mol. The van der Waals surface area contributed by atoms with Crippen LogP contribution in [0.2, 0.25) is 0 Å². The lowest BCUT2D eigenvalue weighted by Crippen LogP contribution is -2.33. The third-order valence-electron chi connectivity index (χ3n) is 4.56.